The van der Waals surface area contributed by atoms with Gasteiger partial charge in [-0.25, -0.2) is 0 Å². The van der Waals surface area contributed by atoms with Crippen LogP contribution in [0.3, 0.4) is 0 Å². The quantitative estimate of drug-likeness (QED) is 0.478. The van der Waals surface area contributed by atoms with Gasteiger partial charge in [-0.1, -0.05) is 0 Å². The van der Waals surface area contributed by atoms with Gasteiger partial charge in [0.2, 0.25) is 0 Å². The van der Waals surface area contributed by atoms with Crippen molar-refractivity contribution in [1.29, 1.82) is 0 Å². The van der Waals surface area contributed by atoms with E-state index in [-0.39, 0.29) is 32.7 Å². The van der Waals surface area contributed by atoms with Crippen molar-refractivity contribution in [3.05, 3.63) is 0 Å². The van der Waals surface area contributed by atoms with Crippen LogP contribution in [0.5, 0.6) is 0 Å². The largest absolute Gasteiger partial charge is 0.542 e. The summed E-state index contributed by atoms with van der Waals surface area (Å²) in [7, 11) is 0. The van der Waals surface area contributed by atoms with E-state index in [0.29, 0.717) is 12.2 Å². The third-order valence-electron chi connectivity index (χ3n) is 0.214. The van der Waals surface area contributed by atoms with Crippen LogP contribution in [0.25, 0.3) is 0 Å². The molecule has 3 heteroatoms. The molecule has 0 atom stereocenters. The van der Waals surface area contributed by atoms with E-state index in [1.54, 1.807) is 6.29 Å². The second-order valence-corrected chi connectivity index (χ2v) is 1.07. The van der Waals surface area contributed by atoms with E-state index in [4.69, 9.17) is 0 Å². The fraction of sp³-hybridized carbons (Fsp3) is 0.667. The molecule has 0 aliphatic carbocycles. The minimum atomic E-state index is 0. The first-order valence-corrected chi connectivity index (χ1v) is 2.01. The number of hydrogen-bond donors (Lipinski definition) is 1. The molecule has 0 saturated carbocycles. The van der Waals surface area contributed by atoms with Crippen LogP contribution < -0.4 is 0 Å². The van der Waals surface area contributed by atoms with Crippen LogP contribution in [-0.2, 0) is 37.5 Å². The molecule has 0 unspecified atom stereocenters. The normalized spacial score (nSPS) is 6.17. The third kappa shape index (κ3) is 8.93. The van der Waals surface area contributed by atoms with Crippen molar-refractivity contribution in [3.63, 3.8) is 0 Å². The van der Waals surface area contributed by atoms with E-state index in [1.165, 1.54) is 0 Å². The molecule has 0 aliphatic heterocycles. The van der Waals surface area contributed by atoms with Crippen molar-refractivity contribution >= 4 is 18.9 Å². The Morgan fingerprint density at radius 3 is 2.17 bits per heavy atom. The standard InChI is InChI=1S/C3H5OS.Y/c4-2-1-3-5;/h5H,1,3H2;/q-1;. The first-order chi connectivity index (χ1) is 2.41. The number of thiol groups is 1. The Bertz CT molecular complexity index is 32.0. The predicted octanol–water partition coefficient (Wildman–Crippen LogP) is 0.414. The fourth-order valence-electron chi connectivity index (χ4n) is 0.0456. The summed E-state index contributed by atoms with van der Waals surface area (Å²) in [5, 5.41) is 0. The van der Waals surface area contributed by atoms with Gasteiger partial charge in [-0.2, -0.15) is 12.6 Å². The monoisotopic (exact) mass is 178 g/mol. The summed E-state index contributed by atoms with van der Waals surface area (Å²) in [6.07, 6.45) is 2.14. The van der Waals surface area contributed by atoms with E-state index in [9.17, 15) is 4.79 Å². The third-order valence-corrected chi connectivity index (χ3v) is 0.437. The van der Waals surface area contributed by atoms with E-state index in [1.807, 2.05) is 0 Å². The number of rotatable bonds is 2. The Kier molecular flexibility index (Phi) is 16.0. The molecule has 0 aromatic rings. The molecule has 0 aromatic carbocycles. The second kappa shape index (κ2) is 9.45. The molecule has 33 valence electrons. The average molecular weight is 178 g/mol. The van der Waals surface area contributed by atoms with Gasteiger partial charge in [0.05, 0.1) is 0 Å². The molecule has 0 rings (SSSR count). The van der Waals surface area contributed by atoms with Crippen molar-refractivity contribution in [1.82, 2.24) is 0 Å². The van der Waals surface area contributed by atoms with Gasteiger partial charge in [0.25, 0.3) is 0 Å². The van der Waals surface area contributed by atoms with Crippen molar-refractivity contribution in [2.75, 3.05) is 5.75 Å². The smallest absolute Gasteiger partial charge is 0 e. The van der Waals surface area contributed by atoms with Crippen molar-refractivity contribution in [2.24, 2.45) is 0 Å². The molecule has 1 radical (unpaired) electrons. The van der Waals surface area contributed by atoms with Gasteiger partial charge >= 0.3 is 0 Å². The molecule has 1 nitrogen and oxygen atoms in total. The van der Waals surface area contributed by atoms with Gasteiger partial charge in [0.15, 0.2) is 0 Å². The van der Waals surface area contributed by atoms with E-state index in [0.717, 1.165) is 0 Å². The molecule has 0 amide bonds. The van der Waals surface area contributed by atoms with E-state index in [2.05, 4.69) is 12.6 Å². The summed E-state index contributed by atoms with van der Waals surface area (Å²) < 4.78 is 0. The zero-order valence-corrected chi connectivity index (χ0v) is 7.08. The summed E-state index contributed by atoms with van der Waals surface area (Å²) in [5.41, 5.74) is 0. The molecule has 0 fully saturated rings. The molecule has 0 aromatic heterocycles. The van der Waals surface area contributed by atoms with Gasteiger partial charge in [-0.15, -0.1) is 6.42 Å². The number of hydrogen-bond acceptors (Lipinski definition) is 2. The Morgan fingerprint density at radius 2 is 2.17 bits per heavy atom. The minimum absolute atomic E-state index is 0. The minimum Gasteiger partial charge on any atom is -0.542 e. The average Bonchev–Trinajstić information content (AvgIpc) is 1.41. The van der Waals surface area contributed by atoms with Gasteiger partial charge in [0, 0.05) is 32.7 Å². The Morgan fingerprint density at radius 1 is 1.67 bits per heavy atom. The van der Waals surface area contributed by atoms with E-state index >= 15 is 0 Å². The molecule has 0 aliphatic rings. The predicted molar refractivity (Wildman–Crippen MR) is 24.2 cm³/mol. The topological polar surface area (TPSA) is 17.1 Å². The first-order valence-electron chi connectivity index (χ1n) is 1.37. The SMILES string of the molecule is O=[C-]CCS.[Y]. The molecule has 0 bridgehead atoms. The zero-order valence-electron chi connectivity index (χ0n) is 3.35. The summed E-state index contributed by atoms with van der Waals surface area (Å²) in [6.45, 7) is 0. The maximum atomic E-state index is 9.23. The van der Waals surface area contributed by atoms with Gasteiger partial charge < -0.3 is 4.79 Å². The molecule has 0 spiro atoms. The van der Waals surface area contributed by atoms with Crippen molar-refractivity contribution in [2.45, 2.75) is 6.42 Å². The van der Waals surface area contributed by atoms with Crippen molar-refractivity contribution in [3.8, 4) is 0 Å². The maximum Gasteiger partial charge on any atom is 0 e. The van der Waals surface area contributed by atoms with Gasteiger partial charge in [-0.05, 0) is 5.75 Å². The Labute approximate surface area is 68.2 Å². The Balaban J connectivity index is 0. The van der Waals surface area contributed by atoms with E-state index < -0.39 is 0 Å². The van der Waals surface area contributed by atoms with Crippen LogP contribution in [0.4, 0.5) is 0 Å². The molecule has 0 saturated heterocycles. The molecule has 6 heavy (non-hydrogen) atoms. The fourth-order valence-corrected chi connectivity index (χ4v) is 0.137. The first kappa shape index (κ1) is 10.2. The van der Waals surface area contributed by atoms with Crippen molar-refractivity contribution < 1.29 is 37.5 Å². The molecule has 0 N–H and O–H groups in total. The summed E-state index contributed by atoms with van der Waals surface area (Å²) in [4.78, 5) is 9.23. The molecular weight excluding hydrogens is 173 g/mol. The summed E-state index contributed by atoms with van der Waals surface area (Å²) in [5.74, 6) is 0.615. The van der Waals surface area contributed by atoms with Crippen LogP contribution in [0, 0.1) is 0 Å². The summed E-state index contributed by atoms with van der Waals surface area (Å²) >= 11 is 3.74. The number of carbonyl (C=O) groups excluding carboxylic acids is 1. The van der Waals surface area contributed by atoms with Crippen LogP contribution >= 0.6 is 12.6 Å². The molecular formula is C3H5OSY-. The van der Waals surface area contributed by atoms with Gasteiger partial charge in [-0.3, -0.25) is 6.29 Å². The second-order valence-electron chi connectivity index (χ2n) is 0.618. The van der Waals surface area contributed by atoms with Crippen LogP contribution in [0.1, 0.15) is 6.42 Å². The maximum absolute atomic E-state index is 9.23. The summed E-state index contributed by atoms with van der Waals surface area (Å²) in [6, 6.07) is 0. The molecule has 0 heterocycles. The van der Waals surface area contributed by atoms with Crippen LogP contribution in [0.15, 0.2) is 0 Å². The zero-order chi connectivity index (χ0) is 4.12. The van der Waals surface area contributed by atoms with Crippen LogP contribution in [-0.4, -0.2) is 12.0 Å². The Hall–Kier alpha value is 1.12. The van der Waals surface area contributed by atoms with Gasteiger partial charge in [0.1, 0.15) is 0 Å². The van der Waals surface area contributed by atoms with Crippen LogP contribution in [0.2, 0.25) is 0 Å².